The lowest BCUT2D eigenvalue weighted by atomic mass is 10.2. The van der Waals surface area contributed by atoms with E-state index in [4.69, 9.17) is 5.26 Å². The number of halogens is 3. The molecule has 0 aliphatic rings. The van der Waals surface area contributed by atoms with Crippen molar-refractivity contribution in [2.24, 2.45) is 0 Å². The number of benzene rings is 1. The first kappa shape index (κ1) is 10.8. The number of nitriles is 1. The van der Waals surface area contributed by atoms with Crippen molar-refractivity contribution in [2.75, 3.05) is 0 Å². The third kappa shape index (κ3) is 1.84. The van der Waals surface area contributed by atoms with Gasteiger partial charge in [0.1, 0.15) is 17.1 Å². The van der Waals surface area contributed by atoms with Crippen molar-refractivity contribution < 1.29 is 13.5 Å². The van der Waals surface area contributed by atoms with Crippen LogP contribution in [-0.2, 0) is 0 Å². The summed E-state index contributed by atoms with van der Waals surface area (Å²) in [5.41, 5.74) is 0.859. The molecule has 1 aromatic carbocycles. The number of imidazole rings is 1. The van der Waals surface area contributed by atoms with Gasteiger partial charge in [-0.2, -0.15) is 14.0 Å². The van der Waals surface area contributed by atoms with Crippen molar-refractivity contribution in [3.05, 3.63) is 22.4 Å². The van der Waals surface area contributed by atoms with Gasteiger partial charge < -0.3 is 9.72 Å². The highest BCUT2D eigenvalue weighted by Gasteiger charge is 2.14. The number of hydrogen-bond donors (Lipinski definition) is 1. The zero-order valence-electron chi connectivity index (χ0n) is 7.67. The fourth-order valence-corrected chi connectivity index (χ4v) is 1.70. The van der Waals surface area contributed by atoms with E-state index in [1.165, 1.54) is 12.1 Å². The van der Waals surface area contributed by atoms with Crippen LogP contribution in [0.25, 0.3) is 11.0 Å². The molecule has 0 aliphatic carbocycles. The van der Waals surface area contributed by atoms with E-state index in [9.17, 15) is 8.78 Å². The maximum absolute atomic E-state index is 12.1. The second-order valence-corrected chi connectivity index (χ2v) is 3.60. The summed E-state index contributed by atoms with van der Waals surface area (Å²) in [6.45, 7) is -2.92. The molecule has 1 aromatic heterocycles. The molecule has 0 fully saturated rings. The summed E-state index contributed by atoms with van der Waals surface area (Å²) in [7, 11) is 0. The maximum Gasteiger partial charge on any atom is 0.387 e. The molecule has 0 amide bonds. The third-order valence-electron chi connectivity index (χ3n) is 1.91. The zero-order valence-corrected chi connectivity index (χ0v) is 9.25. The van der Waals surface area contributed by atoms with Crippen LogP contribution in [0, 0.1) is 11.3 Å². The van der Waals surface area contributed by atoms with Crippen molar-refractivity contribution in [1.82, 2.24) is 9.97 Å². The van der Waals surface area contributed by atoms with E-state index in [2.05, 4.69) is 30.6 Å². The Labute approximate surface area is 97.0 Å². The Balaban J connectivity index is 2.65. The van der Waals surface area contributed by atoms with Crippen LogP contribution in [-0.4, -0.2) is 16.6 Å². The molecule has 1 N–H and O–H groups in total. The normalized spacial score (nSPS) is 10.7. The van der Waals surface area contributed by atoms with E-state index < -0.39 is 6.61 Å². The van der Waals surface area contributed by atoms with Gasteiger partial charge >= 0.3 is 6.61 Å². The first-order chi connectivity index (χ1) is 7.61. The number of rotatable bonds is 2. The van der Waals surface area contributed by atoms with E-state index in [0.717, 1.165) is 0 Å². The molecule has 0 unspecified atom stereocenters. The van der Waals surface area contributed by atoms with Crippen LogP contribution >= 0.6 is 15.9 Å². The maximum atomic E-state index is 12.1. The van der Waals surface area contributed by atoms with Gasteiger partial charge in [-0.15, -0.1) is 0 Å². The Hall–Kier alpha value is -1.68. The van der Waals surface area contributed by atoms with Crippen LogP contribution in [0.3, 0.4) is 0 Å². The average molecular weight is 288 g/mol. The zero-order chi connectivity index (χ0) is 11.7. The molecule has 0 aliphatic heterocycles. The molecule has 82 valence electrons. The topological polar surface area (TPSA) is 61.7 Å². The Kier molecular flexibility index (Phi) is 2.75. The number of H-pyrrole nitrogens is 1. The van der Waals surface area contributed by atoms with E-state index in [-0.39, 0.29) is 11.3 Å². The van der Waals surface area contributed by atoms with Gasteiger partial charge in [0.05, 0.1) is 5.56 Å². The Morgan fingerprint density at radius 3 is 2.88 bits per heavy atom. The van der Waals surface area contributed by atoms with E-state index in [0.29, 0.717) is 15.8 Å². The highest BCUT2D eigenvalue weighted by atomic mass is 79.9. The quantitative estimate of drug-likeness (QED) is 0.924. The second-order valence-electron chi connectivity index (χ2n) is 2.85. The Morgan fingerprint density at radius 2 is 2.25 bits per heavy atom. The predicted octanol–water partition coefficient (Wildman–Crippen LogP) is 2.80. The summed E-state index contributed by atoms with van der Waals surface area (Å²) in [4.78, 5) is 6.67. The minimum absolute atomic E-state index is 0.0396. The SMILES string of the molecule is N#Cc1ccc(OC(F)F)c2[nH]c(Br)nc12. The molecule has 0 atom stereocenters. The lowest BCUT2D eigenvalue weighted by Gasteiger charge is -2.05. The molecule has 0 bridgehead atoms. The molecular weight excluding hydrogens is 284 g/mol. The van der Waals surface area contributed by atoms with E-state index in [1.54, 1.807) is 0 Å². The monoisotopic (exact) mass is 287 g/mol. The number of ether oxygens (including phenoxy) is 1. The van der Waals surface area contributed by atoms with Gasteiger partial charge in [-0.25, -0.2) is 4.98 Å². The number of aromatic nitrogens is 2. The number of alkyl halides is 2. The van der Waals surface area contributed by atoms with Gasteiger partial charge in [-0.3, -0.25) is 0 Å². The van der Waals surface area contributed by atoms with Gasteiger partial charge in [0, 0.05) is 0 Å². The Morgan fingerprint density at radius 1 is 1.50 bits per heavy atom. The summed E-state index contributed by atoms with van der Waals surface area (Å²) in [6.07, 6.45) is 0. The number of nitrogens with zero attached hydrogens (tertiary/aromatic N) is 2. The number of aromatic amines is 1. The third-order valence-corrected chi connectivity index (χ3v) is 2.29. The van der Waals surface area contributed by atoms with Crippen molar-refractivity contribution in [3.63, 3.8) is 0 Å². The van der Waals surface area contributed by atoms with Crippen molar-refractivity contribution >= 4 is 27.0 Å². The second kappa shape index (κ2) is 4.06. The lowest BCUT2D eigenvalue weighted by Crippen LogP contribution is -2.02. The molecule has 0 saturated carbocycles. The minimum Gasteiger partial charge on any atom is -0.433 e. The molecule has 0 radical (unpaired) electrons. The number of fused-ring (bicyclic) bond motifs is 1. The highest BCUT2D eigenvalue weighted by molar-refractivity contribution is 9.10. The Bertz CT molecular complexity index is 576. The van der Waals surface area contributed by atoms with Crippen LogP contribution in [0.5, 0.6) is 5.75 Å². The van der Waals surface area contributed by atoms with Gasteiger partial charge in [-0.1, -0.05) is 0 Å². The molecule has 4 nitrogen and oxygen atoms in total. The molecule has 0 saturated heterocycles. The van der Waals surface area contributed by atoms with Gasteiger partial charge in [0.2, 0.25) is 0 Å². The first-order valence-electron chi connectivity index (χ1n) is 4.15. The standard InChI is InChI=1S/C9H4BrF2N3O/c10-8-14-6-4(3-13)1-2-5(7(6)15-8)16-9(11)12/h1-2,9H,(H,14,15). The lowest BCUT2D eigenvalue weighted by molar-refractivity contribution is -0.0489. The molecule has 1 heterocycles. The van der Waals surface area contributed by atoms with Crippen LogP contribution < -0.4 is 4.74 Å². The molecular formula is C9H4BrF2N3O. The van der Waals surface area contributed by atoms with Crippen LogP contribution in [0.2, 0.25) is 0 Å². The van der Waals surface area contributed by atoms with E-state index >= 15 is 0 Å². The molecule has 2 rings (SSSR count). The summed E-state index contributed by atoms with van der Waals surface area (Å²) in [5, 5.41) is 8.81. The minimum atomic E-state index is -2.92. The average Bonchev–Trinajstić information content (AvgIpc) is 2.59. The molecule has 2 aromatic rings. The fourth-order valence-electron chi connectivity index (χ4n) is 1.32. The van der Waals surface area contributed by atoms with Gasteiger partial charge in [-0.05, 0) is 28.1 Å². The summed E-state index contributed by atoms with van der Waals surface area (Å²) < 4.78 is 28.9. The summed E-state index contributed by atoms with van der Waals surface area (Å²) >= 11 is 3.07. The molecule has 16 heavy (non-hydrogen) atoms. The predicted molar refractivity (Wildman–Crippen MR) is 55.1 cm³/mol. The first-order valence-corrected chi connectivity index (χ1v) is 4.94. The smallest absolute Gasteiger partial charge is 0.387 e. The molecule has 7 heteroatoms. The van der Waals surface area contributed by atoms with Gasteiger partial charge in [0.25, 0.3) is 0 Å². The van der Waals surface area contributed by atoms with Crippen molar-refractivity contribution in [2.45, 2.75) is 6.61 Å². The summed E-state index contributed by atoms with van der Waals surface area (Å²) in [6, 6.07) is 4.60. The number of hydrogen-bond acceptors (Lipinski definition) is 3. The van der Waals surface area contributed by atoms with Crippen LogP contribution in [0.15, 0.2) is 16.9 Å². The van der Waals surface area contributed by atoms with Crippen LogP contribution in [0.1, 0.15) is 5.56 Å². The fraction of sp³-hybridized carbons (Fsp3) is 0.111. The van der Waals surface area contributed by atoms with Crippen molar-refractivity contribution in [1.29, 1.82) is 5.26 Å². The highest BCUT2D eigenvalue weighted by Crippen LogP contribution is 2.28. The van der Waals surface area contributed by atoms with E-state index in [1.807, 2.05) is 6.07 Å². The number of nitrogens with one attached hydrogen (secondary N) is 1. The van der Waals surface area contributed by atoms with Crippen molar-refractivity contribution in [3.8, 4) is 11.8 Å². The summed E-state index contributed by atoms with van der Waals surface area (Å²) in [5.74, 6) is -0.0396. The largest absolute Gasteiger partial charge is 0.433 e. The van der Waals surface area contributed by atoms with Gasteiger partial charge in [0.15, 0.2) is 10.5 Å². The van der Waals surface area contributed by atoms with Crippen LogP contribution in [0.4, 0.5) is 8.78 Å². The molecule has 0 spiro atoms.